The molecule has 2 aliphatic rings. The van der Waals surface area contributed by atoms with Gasteiger partial charge in [-0.3, -0.25) is 9.59 Å². The van der Waals surface area contributed by atoms with Crippen molar-refractivity contribution >= 4 is 38.6 Å². The number of rotatable bonds is 5. The van der Waals surface area contributed by atoms with Crippen molar-refractivity contribution in [2.24, 2.45) is 0 Å². The Bertz CT molecular complexity index is 1410. The predicted octanol–water partition coefficient (Wildman–Crippen LogP) is 5.25. The summed E-state index contributed by atoms with van der Waals surface area (Å²) in [4.78, 5) is 34.6. The molecule has 1 fully saturated rings. The number of carbonyl (C=O) groups is 2. The van der Waals surface area contributed by atoms with Crippen molar-refractivity contribution in [3.8, 4) is 0 Å². The molecule has 0 radical (unpaired) electrons. The van der Waals surface area contributed by atoms with Crippen LogP contribution in [0.1, 0.15) is 34.8 Å². The number of fused-ring (bicyclic) bond motifs is 4. The molecule has 6 heteroatoms. The standard InChI is InChI=1S/C29H26BrN3O2/c30-21-12-6-11-20(16-21)28-27-23(22-13-4-5-14-24(22)31-27)17-25-29(35)32(18-26(34)33(25)28)15-7-10-19-8-2-1-3-9-19/h1-6,8-9,11-14,16,25,28,31H,7,10,15,17-18H2/t25-,28-/m0/s1. The molecule has 3 heterocycles. The van der Waals surface area contributed by atoms with Crippen LogP contribution in [-0.4, -0.2) is 45.7 Å². The number of hydrogen-bond acceptors (Lipinski definition) is 2. The minimum absolute atomic E-state index is 0.00333. The number of aromatic amines is 1. The zero-order chi connectivity index (χ0) is 23.9. The lowest BCUT2D eigenvalue weighted by atomic mass is 9.86. The van der Waals surface area contributed by atoms with Gasteiger partial charge in [0.2, 0.25) is 11.8 Å². The third-order valence-electron chi connectivity index (χ3n) is 7.24. The van der Waals surface area contributed by atoms with Crippen molar-refractivity contribution < 1.29 is 9.59 Å². The fourth-order valence-electron chi connectivity index (χ4n) is 5.65. The Kier molecular flexibility index (Phi) is 5.69. The van der Waals surface area contributed by atoms with Crippen LogP contribution in [0.15, 0.2) is 83.3 Å². The van der Waals surface area contributed by atoms with Crippen LogP contribution in [0.4, 0.5) is 0 Å². The Morgan fingerprint density at radius 2 is 1.74 bits per heavy atom. The molecule has 1 saturated heterocycles. The smallest absolute Gasteiger partial charge is 0.246 e. The summed E-state index contributed by atoms with van der Waals surface area (Å²) in [6, 6.07) is 25.7. The van der Waals surface area contributed by atoms with E-state index >= 15 is 0 Å². The largest absolute Gasteiger partial charge is 0.356 e. The highest BCUT2D eigenvalue weighted by molar-refractivity contribution is 9.10. The average molecular weight is 528 g/mol. The molecule has 1 aromatic heterocycles. The fourth-order valence-corrected chi connectivity index (χ4v) is 6.07. The summed E-state index contributed by atoms with van der Waals surface area (Å²) in [6.45, 7) is 0.719. The lowest BCUT2D eigenvalue weighted by Gasteiger charge is -2.47. The van der Waals surface area contributed by atoms with Crippen molar-refractivity contribution in [1.82, 2.24) is 14.8 Å². The predicted molar refractivity (Wildman–Crippen MR) is 140 cm³/mol. The molecule has 0 spiro atoms. The number of benzene rings is 3. The van der Waals surface area contributed by atoms with Gasteiger partial charge in [0.1, 0.15) is 6.04 Å². The lowest BCUT2D eigenvalue weighted by Crippen LogP contribution is -2.63. The first kappa shape index (κ1) is 22.1. The molecule has 6 rings (SSSR count). The summed E-state index contributed by atoms with van der Waals surface area (Å²) in [5.41, 5.74) is 5.44. The quantitative estimate of drug-likeness (QED) is 0.385. The molecule has 2 amide bonds. The molecule has 2 aliphatic heterocycles. The molecular weight excluding hydrogens is 502 g/mol. The zero-order valence-electron chi connectivity index (χ0n) is 19.3. The van der Waals surface area contributed by atoms with E-state index in [0.717, 1.165) is 45.0 Å². The van der Waals surface area contributed by atoms with E-state index in [0.29, 0.717) is 13.0 Å². The molecule has 176 valence electrons. The number of halogens is 1. The number of piperazine rings is 1. The number of aromatic nitrogens is 1. The molecule has 35 heavy (non-hydrogen) atoms. The maximum atomic E-state index is 13.8. The molecule has 0 unspecified atom stereocenters. The van der Waals surface area contributed by atoms with Crippen LogP contribution in [0.2, 0.25) is 0 Å². The van der Waals surface area contributed by atoms with Crippen molar-refractivity contribution in [3.05, 3.63) is 106 Å². The number of hydrogen-bond donors (Lipinski definition) is 1. The summed E-state index contributed by atoms with van der Waals surface area (Å²) < 4.78 is 0.952. The van der Waals surface area contributed by atoms with E-state index in [9.17, 15) is 9.59 Å². The Morgan fingerprint density at radius 3 is 2.57 bits per heavy atom. The van der Waals surface area contributed by atoms with Crippen LogP contribution >= 0.6 is 15.9 Å². The van der Waals surface area contributed by atoms with Gasteiger partial charge in [-0.2, -0.15) is 0 Å². The zero-order valence-corrected chi connectivity index (χ0v) is 20.9. The van der Waals surface area contributed by atoms with Crippen molar-refractivity contribution in [2.45, 2.75) is 31.3 Å². The minimum atomic E-state index is -0.497. The van der Waals surface area contributed by atoms with Crippen LogP contribution < -0.4 is 0 Å². The number of aryl methyl sites for hydroxylation is 1. The van der Waals surface area contributed by atoms with Gasteiger partial charge in [-0.05, 0) is 47.7 Å². The summed E-state index contributed by atoms with van der Waals surface area (Å²) in [5.74, 6) is 0.0529. The van der Waals surface area contributed by atoms with Gasteiger partial charge in [-0.1, -0.05) is 76.6 Å². The lowest BCUT2D eigenvalue weighted by molar-refractivity contribution is -0.158. The van der Waals surface area contributed by atoms with Crippen LogP contribution in [0.3, 0.4) is 0 Å². The van der Waals surface area contributed by atoms with E-state index in [1.54, 1.807) is 4.90 Å². The first-order chi connectivity index (χ1) is 17.1. The molecule has 5 nitrogen and oxygen atoms in total. The second kappa shape index (κ2) is 9.00. The fraction of sp³-hybridized carbons (Fsp3) is 0.241. The summed E-state index contributed by atoms with van der Waals surface area (Å²) in [5, 5.41) is 1.13. The van der Waals surface area contributed by atoms with Gasteiger partial charge >= 0.3 is 0 Å². The van der Waals surface area contributed by atoms with Gasteiger partial charge in [-0.15, -0.1) is 0 Å². The van der Waals surface area contributed by atoms with Gasteiger partial charge < -0.3 is 14.8 Å². The number of para-hydroxylation sites is 1. The molecular formula is C29H26BrN3O2. The molecule has 0 saturated carbocycles. The van der Waals surface area contributed by atoms with Gasteiger partial charge in [-0.25, -0.2) is 0 Å². The van der Waals surface area contributed by atoms with Crippen LogP contribution in [0.25, 0.3) is 10.9 Å². The monoisotopic (exact) mass is 527 g/mol. The number of nitrogens with zero attached hydrogens (tertiary/aromatic N) is 2. The second-order valence-corrected chi connectivity index (χ2v) is 10.3. The maximum absolute atomic E-state index is 13.8. The first-order valence-electron chi connectivity index (χ1n) is 12.1. The van der Waals surface area contributed by atoms with Crippen LogP contribution in [-0.2, 0) is 22.4 Å². The van der Waals surface area contributed by atoms with Crippen LogP contribution in [0, 0.1) is 0 Å². The Hall–Kier alpha value is -3.38. The number of H-pyrrole nitrogens is 1. The highest BCUT2D eigenvalue weighted by Crippen LogP contribution is 2.42. The average Bonchev–Trinajstić information content (AvgIpc) is 3.25. The summed E-state index contributed by atoms with van der Waals surface area (Å²) in [6.07, 6.45) is 2.26. The number of nitrogens with one attached hydrogen (secondary N) is 1. The highest BCUT2D eigenvalue weighted by atomic mass is 79.9. The van der Waals surface area contributed by atoms with Gasteiger partial charge in [0, 0.05) is 34.0 Å². The van der Waals surface area contributed by atoms with Crippen molar-refractivity contribution in [3.63, 3.8) is 0 Å². The second-order valence-electron chi connectivity index (χ2n) is 9.39. The molecule has 0 bridgehead atoms. The Labute approximate surface area is 212 Å². The molecule has 1 N–H and O–H groups in total. The van der Waals surface area contributed by atoms with Crippen molar-refractivity contribution in [1.29, 1.82) is 0 Å². The minimum Gasteiger partial charge on any atom is -0.356 e. The summed E-state index contributed by atoms with van der Waals surface area (Å²) in [7, 11) is 0. The third-order valence-corrected chi connectivity index (χ3v) is 7.74. The Balaban J connectivity index is 1.35. The van der Waals surface area contributed by atoms with Gasteiger partial charge in [0.05, 0.1) is 12.6 Å². The Morgan fingerprint density at radius 1 is 0.943 bits per heavy atom. The van der Waals surface area contributed by atoms with Gasteiger partial charge in [0.25, 0.3) is 0 Å². The highest BCUT2D eigenvalue weighted by Gasteiger charge is 2.48. The van der Waals surface area contributed by atoms with E-state index in [1.165, 1.54) is 5.56 Å². The van der Waals surface area contributed by atoms with E-state index in [-0.39, 0.29) is 24.4 Å². The molecule has 3 aromatic carbocycles. The maximum Gasteiger partial charge on any atom is 0.246 e. The van der Waals surface area contributed by atoms with E-state index in [2.05, 4.69) is 45.2 Å². The number of carbonyl (C=O) groups excluding carboxylic acids is 2. The number of amides is 2. The normalized spacial score (nSPS) is 19.7. The van der Waals surface area contributed by atoms with Gasteiger partial charge in [0.15, 0.2) is 0 Å². The third kappa shape index (κ3) is 3.96. The molecule has 0 aliphatic carbocycles. The first-order valence-corrected chi connectivity index (χ1v) is 12.9. The van der Waals surface area contributed by atoms with E-state index < -0.39 is 6.04 Å². The molecule has 4 aromatic rings. The SMILES string of the molecule is O=C1[C@@H]2Cc3c([nH]c4ccccc34)[C@H](c3cccc(Br)c3)N2C(=O)CN1CCCc1ccccc1. The van der Waals surface area contributed by atoms with E-state index in [1.807, 2.05) is 59.5 Å². The topological polar surface area (TPSA) is 56.4 Å². The van der Waals surface area contributed by atoms with E-state index in [4.69, 9.17) is 0 Å². The van der Waals surface area contributed by atoms with Crippen LogP contribution in [0.5, 0.6) is 0 Å². The van der Waals surface area contributed by atoms with Crippen molar-refractivity contribution in [2.75, 3.05) is 13.1 Å². The summed E-state index contributed by atoms with van der Waals surface area (Å²) >= 11 is 3.59. The molecule has 2 atom stereocenters.